The normalized spacial score (nSPS) is 12.2. The van der Waals surface area contributed by atoms with Crippen LogP contribution in [0.4, 0.5) is 23.7 Å². The van der Waals surface area contributed by atoms with E-state index in [-0.39, 0.29) is 5.69 Å². The van der Waals surface area contributed by atoms with Gasteiger partial charge in [0.05, 0.1) is 31.5 Å². The summed E-state index contributed by atoms with van der Waals surface area (Å²) < 4.78 is 49.3. The number of para-hydroxylation sites is 1. The Bertz CT molecular complexity index is 779. The summed E-state index contributed by atoms with van der Waals surface area (Å²) in [6, 6.07) is 8.68. The molecular formula is C18H19F3N2O3. The number of methoxy groups -OCH3 is 2. The van der Waals surface area contributed by atoms with Crippen molar-refractivity contribution in [1.82, 2.24) is 5.32 Å². The zero-order valence-corrected chi connectivity index (χ0v) is 14.5. The Morgan fingerprint density at radius 2 is 1.69 bits per heavy atom. The summed E-state index contributed by atoms with van der Waals surface area (Å²) in [5.74, 6) is 1.02. The summed E-state index contributed by atoms with van der Waals surface area (Å²) >= 11 is 0. The number of benzene rings is 2. The van der Waals surface area contributed by atoms with E-state index >= 15 is 0 Å². The minimum Gasteiger partial charge on any atom is -0.493 e. The van der Waals surface area contributed by atoms with Gasteiger partial charge in [-0.3, -0.25) is 0 Å². The van der Waals surface area contributed by atoms with E-state index in [0.29, 0.717) is 17.1 Å². The van der Waals surface area contributed by atoms with E-state index in [9.17, 15) is 18.0 Å². The lowest BCUT2D eigenvalue weighted by atomic mass is 10.1. The highest BCUT2D eigenvalue weighted by molar-refractivity contribution is 5.90. The molecule has 0 radical (unpaired) electrons. The number of halogens is 3. The third kappa shape index (κ3) is 4.59. The number of ether oxygens (including phenoxy) is 2. The van der Waals surface area contributed by atoms with Crippen molar-refractivity contribution in [3.63, 3.8) is 0 Å². The quantitative estimate of drug-likeness (QED) is 0.811. The molecule has 2 amide bonds. The largest absolute Gasteiger partial charge is 0.493 e. The van der Waals surface area contributed by atoms with Crippen molar-refractivity contribution in [3.05, 3.63) is 53.6 Å². The monoisotopic (exact) mass is 368 g/mol. The van der Waals surface area contributed by atoms with Gasteiger partial charge >= 0.3 is 12.2 Å². The van der Waals surface area contributed by atoms with Crippen LogP contribution in [0.15, 0.2) is 42.5 Å². The average Bonchev–Trinajstić information content (AvgIpc) is 2.60. The van der Waals surface area contributed by atoms with Crippen molar-refractivity contribution < 1.29 is 27.4 Å². The fraction of sp³-hybridized carbons (Fsp3) is 0.278. The summed E-state index contributed by atoms with van der Waals surface area (Å²) in [4.78, 5) is 12.1. The Hall–Kier alpha value is -2.90. The van der Waals surface area contributed by atoms with Gasteiger partial charge in [0.1, 0.15) is 0 Å². The van der Waals surface area contributed by atoms with Gasteiger partial charge in [0.15, 0.2) is 11.5 Å². The molecule has 140 valence electrons. The molecule has 0 aromatic heterocycles. The van der Waals surface area contributed by atoms with Gasteiger partial charge in [0, 0.05) is 0 Å². The molecule has 5 nitrogen and oxygen atoms in total. The molecule has 0 saturated heterocycles. The zero-order valence-electron chi connectivity index (χ0n) is 14.5. The van der Waals surface area contributed by atoms with Gasteiger partial charge in [-0.05, 0) is 36.8 Å². The molecule has 0 spiro atoms. The van der Waals surface area contributed by atoms with Crippen LogP contribution in [0.25, 0.3) is 0 Å². The van der Waals surface area contributed by atoms with Gasteiger partial charge in [-0.15, -0.1) is 0 Å². The number of urea groups is 1. The Kier molecular flexibility index (Phi) is 5.97. The topological polar surface area (TPSA) is 59.6 Å². The summed E-state index contributed by atoms with van der Waals surface area (Å²) in [5.41, 5.74) is -0.507. The van der Waals surface area contributed by atoms with Crippen LogP contribution in [0.2, 0.25) is 0 Å². The number of hydrogen-bond donors (Lipinski definition) is 2. The number of carbonyl (C=O) groups excluding carboxylic acids is 1. The molecule has 0 aliphatic carbocycles. The van der Waals surface area contributed by atoms with Gasteiger partial charge in [0.25, 0.3) is 0 Å². The standard InChI is InChI=1S/C18H19F3N2O3/c1-11(12-8-9-15(25-2)16(10-12)26-3)22-17(24)23-14-7-5-4-6-13(14)18(19,20)21/h4-11H,1-3H3,(H2,22,23,24)/t11-/m1/s1. The molecule has 0 aliphatic rings. The van der Waals surface area contributed by atoms with E-state index in [0.717, 1.165) is 6.07 Å². The number of nitrogens with one attached hydrogen (secondary N) is 2. The highest BCUT2D eigenvalue weighted by Crippen LogP contribution is 2.34. The molecule has 0 bridgehead atoms. The second-order valence-corrected chi connectivity index (χ2v) is 5.48. The molecule has 2 rings (SSSR count). The van der Waals surface area contributed by atoms with Crippen molar-refractivity contribution in [2.24, 2.45) is 0 Å². The van der Waals surface area contributed by atoms with Crippen molar-refractivity contribution in [1.29, 1.82) is 0 Å². The minimum absolute atomic E-state index is 0.308. The first-order valence-corrected chi connectivity index (χ1v) is 7.72. The third-order valence-corrected chi connectivity index (χ3v) is 3.74. The molecule has 0 fully saturated rings. The third-order valence-electron chi connectivity index (χ3n) is 3.74. The van der Waals surface area contributed by atoms with Gasteiger partial charge in [0.2, 0.25) is 0 Å². The van der Waals surface area contributed by atoms with E-state index in [2.05, 4.69) is 10.6 Å². The van der Waals surface area contributed by atoms with Crippen LogP contribution in [-0.4, -0.2) is 20.3 Å². The number of hydrogen-bond acceptors (Lipinski definition) is 3. The molecular weight excluding hydrogens is 349 g/mol. The van der Waals surface area contributed by atoms with E-state index in [1.807, 2.05) is 0 Å². The first kappa shape index (κ1) is 19.4. The van der Waals surface area contributed by atoms with Gasteiger partial charge in [-0.1, -0.05) is 18.2 Å². The van der Waals surface area contributed by atoms with Crippen LogP contribution >= 0.6 is 0 Å². The number of rotatable bonds is 5. The van der Waals surface area contributed by atoms with Crippen LogP contribution in [-0.2, 0) is 6.18 Å². The fourth-order valence-corrected chi connectivity index (χ4v) is 2.40. The number of amides is 2. The van der Waals surface area contributed by atoms with E-state index in [1.54, 1.807) is 25.1 Å². The maximum Gasteiger partial charge on any atom is 0.418 e. The number of anilines is 1. The number of alkyl halides is 3. The van der Waals surface area contributed by atoms with Crippen LogP contribution < -0.4 is 20.1 Å². The lowest BCUT2D eigenvalue weighted by molar-refractivity contribution is -0.136. The predicted octanol–water partition coefficient (Wildman–Crippen LogP) is 4.61. The Morgan fingerprint density at radius 1 is 1.04 bits per heavy atom. The average molecular weight is 368 g/mol. The van der Waals surface area contributed by atoms with E-state index < -0.39 is 23.8 Å². The van der Waals surface area contributed by atoms with Crippen LogP contribution in [0.3, 0.4) is 0 Å². The molecule has 2 aromatic rings. The Balaban J connectivity index is 2.11. The van der Waals surface area contributed by atoms with Crippen molar-refractivity contribution >= 4 is 11.7 Å². The minimum atomic E-state index is -4.56. The smallest absolute Gasteiger partial charge is 0.418 e. The first-order chi connectivity index (χ1) is 12.3. The highest BCUT2D eigenvalue weighted by atomic mass is 19.4. The molecule has 1 atom stereocenters. The second-order valence-electron chi connectivity index (χ2n) is 5.48. The fourth-order valence-electron chi connectivity index (χ4n) is 2.40. The van der Waals surface area contributed by atoms with Gasteiger partial charge in [-0.25, -0.2) is 4.79 Å². The van der Waals surface area contributed by atoms with Crippen molar-refractivity contribution in [3.8, 4) is 11.5 Å². The van der Waals surface area contributed by atoms with E-state index in [1.165, 1.54) is 32.4 Å². The summed E-state index contributed by atoms with van der Waals surface area (Å²) in [5, 5.41) is 4.84. The van der Waals surface area contributed by atoms with E-state index in [4.69, 9.17) is 9.47 Å². The first-order valence-electron chi connectivity index (χ1n) is 7.72. The second kappa shape index (κ2) is 7.99. The molecule has 2 N–H and O–H groups in total. The SMILES string of the molecule is COc1ccc([C@@H](C)NC(=O)Nc2ccccc2C(F)(F)F)cc1OC. The maximum atomic E-state index is 13.0. The predicted molar refractivity (Wildman–Crippen MR) is 91.6 cm³/mol. The molecule has 2 aromatic carbocycles. The molecule has 26 heavy (non-hydrogen) atoms. The molecule has 0 aliphatic heterocycles. The van der Waals surface area contributed by atoms with Gasteiger partial charge < -0.3 is 20.1 Å². The van der Waals surface area contributed by atoms with Crippen LogP contribution in [0.1, 0.15) is 24.1 Å². The Morgan fingerprint density at radius 3 is 2.31 bits per heavy atom. The lowest BCUT2D eigenvalue weighted by Crippen LogP contribution is -2.31. The molecule has 0 unspecified atom stereocenters. The van der Waals surface area contributed by atoms with Gasteiger partial charge in [-0.2, -0.15) is 13.2 Å². The van der Waals surface area contributed by atoms with Crippen LogP contribution in [0.5, 0.6) is 11.5 Å². The maximum absolute atomic E-state index is 13.0. The zero-order chi connectivity index (χ0) is 19.3. The molecule has 8 heteroatoms. The molecule has 0 saturated carbocycles. The summed E-state index contributed by atoms with van der Waals surface area (Å²) in [6.45, 7) is 1.70. The molecule has 0 heterocycles. The van der Waals surface area contributed by atoms with Crippen LogP contribution in [0, 0.1) is 0 Å². The lowest BCUT2D eigenvalue weighted by Gasteiger charge is -2.18. The number of carbonyl (C=O) groups is 1. The summed E-state index contributed by atoms with van der Waals surface area (Å²) in [6.07, 6.45) is -4.56. The highest BCUT2D eigenvalue weighted by Gasteiger charge is 2.33. The van der Waals surface area contributed by atoms with Crippen molar-refractivity contribution in [2.75, 3.05) is 19.5 Å². The Labute approximate surface area is 149 Å². The van der Waals surface area contributed by atoms with Crippen molar-refractivity contribution in [2.45, 2.75) is 19.1 Å². The summed E-state index contributed by atoms with van der Waals surface area (Å²) in [7, 11) is 2.99.